The Bertz CT molecular complexity index is 916. The lowest BCUT2D eigenvalue weighted by atomic mass is 9.81. The SMILES string of the molecule is COc1ccc(N2CC[C@@H]3[C@@H]4CCCN4c4cc(O)c(OC)cc4[C@@H]32)cc1O. The van der Waals surface area contributed by atoms with Crippen LogP contribution in [0, 0.1) is 5.92 Å². The number of anilines is 2. The third kappa shape index (κ3) is 2.40. The van der Waals surface area contributed by atoms with Crippen molar-refractivity contribution in [2.75, 3.05) is 37.1 Å². The summed E-state index contributed by atoms with van der Waals surface area (Å²) in [5, 5.41) is 20.7. The molecule has 2 fully saturated rings. The Balaban J connectivity index is 1.63. The van der Waals surface area contributed by atoms with Crippen molar-refractivity contribution < 1.29 is 19.7 Å². The van der Waals surface area contributed by atoms with E-state index in [-0.39, 0.29) is 17.5 Å². The molecule has 3 atom stereocenters. The third-order valence-electron chi connectivity index (χ3n) is 6.69. The van der Waals surface area contributed by atoms with Gasteiger partial charge in [0.05, 0.1) is 20.3 Å². The van der Waals surface area contributed by atoms with Gasteiger partial charge in [-0.05, 0) is 37.5 Å². The third-order valence-corrected chi connectivity index (χ3v) is 6.69. The number of phenolic OH excluding ortho intramolecular Hbond substituents is 2. The van der Waals surface area contributed by atoms with Crippen molar-refractivity contribution in [3.05, 3.63) is 35.9 Å². The van der Waals surface area contributed by atoms with Crippen LogP contribution < -0.4 is 19.3 Å². The van der Waals surface area contributed by atoms with Gasteiger partial charge in [0.15, 0.2) is 23.0 Å². The van der Waals surface area contributed by atoms with Crippen molar-refractivity contribution in [3.8, 4) is 23.0 Å². The molecule has 0 amide bonds. The Hall–Kier alpha value is -2.76. The molecule has 0 saturated carbocycles. The molecular formula is C22H26N2O4. The van der Waals surface area contributed by atoms with Crippen LogP contribution in [0.25, 0.3) is 0 Å². The molecule has 3 aliphatic heterocycles. The predicted octanol–water partition coefficient (Wildman–Crippen LogP) is 3.67. The predicted molar refractivity (Wildman–Crippen MR) is 108 cm³/mol. The van der Waals surface area contributed by atoms with Crippen LogP contribution in [0.15, 0.2) is 30.3 Å². The van der Waals surface area contributed by atoms with Gasteiger partial charge in [-0.15, -0.1) is 0 Å². The van der Waals surface area contributed by atoms with Crippen molar-refractivity contribution in [1.29, 1.82) is 0 Å². The molecule has 0 bridgehead atoms. The molecule has 2 aromatic rings. The Kier molecular flexibility index (Phi) is 3.96. The van der Waals surface area contributed by atoms with Crippen LogP contribution in [-0.4, -0.2) is 43.6 Å². The van der Waals surface area contributed by atoms with E-state index in [0.717, 1.165) is 30.9 Å². The Morgan fingerprint density at radius 1 is 0.893 bits per heavy atom. The lowest BCUT2D eigenvalue weighted by Gasteiger charge is -2.44. The van der Waals surface area contributed by atoms with Gasteiger partial charge < -0.3 is 29.5 Å². The molecule has 2 aromatic carbocycles. The van der Waals surface area contributed by atoms with E-state index in [1.807, 2.05) is 24.3 Å². The van der Waals surface area contributed by atoms with Crippen LogP contribution in [0.4, 0.5) is 11.4 Å². The van der Waals surface area contributed by atoms with E-state index in [1.165, 1.54) is 18.4 Å². The zero-order chi connectivity index (χ0) is 19.4. The maximum atomic E-state index is 10.4. The van der Waals surface area contributed by atoms with E-state index in [1.54, 1.807) is 20.3 Å². The van der Waals surface area contributed by atoms with Crippen molar-refractivity contribution in [1.82, 2.24) is 0 Å². The van der Waals surface area contributed by atoms with Crippen LogP contribution in [-0.2, 0) is 0 Å². The number of rotatable bonds is 3. The molecule has 0 spiro atoms. The molecule has 0 unspecified atom stereocenters. The molecule has 0 aliphatic carbocycles. The topological polar surface area (TPSA) is 65.4 Å². The number of hydrogen-bond donors (Lipinski definition) is 2. The summed E-state index contributed by atoms with van der Waals surface area (Å²) in [4.78, 5) is 4.86. The van der Waals surface area contributed by atoms with E-state index >= 15 is 0 Å². The van der Waals surface area contributed by atoms with Gasteiger partial charge in [0.1, 0.15) is 0 Å². The number of methoxy groups -OCH3 is 2. The summed E-state index contributed by atoms with van der Waals surface area (Å²) < 4.78 is 10.6. The Morgan fingerprint density at radius 2 is 1.68 bits per heavy atom. The summed E-state index contributed by atoms with van der Waals surface area (Å²) in [7, 11) is 3.15. The first-order chi connectivity index (χ1) is 13.6. The zero-order valence-corrected chi connectivity index (χ0v) is 16.3. The number of hydrogen-bond acceptors (Lipinski definition) is 6. The number of ether oxygens (including phenoxy) is 2. The highest BCUT2D eigenvalue weighted by Crippen LogP contribution is 2.55. The number of fused-ring (bicyclic) bond motifs is 6. The van der Waals surface area contributed by atoms with Crippen molar-refractivity contribution in [2.24, 2.45) is 5.92 Å². The highest BCUT2D eigenvalue weighted by atomic mass is 16.5. The fourth-order valence-electron chi connectivity index (χ4n) is 5.52. The first kappa shape index (κ1) is 17.3. The molecule has 3 aliphatic rings. The van der Waals surface area contributed by atoms with Gasteiger partial charge in [0.2, 0.25) is 0 Å². The minimum atomic E-state index is 0.158. The average molecular weight is 382 g/mol. The summed E-state index contributed by atoms with van der Waals surface area (Å²) in [6, 6.07) is 10.2. The summed E-state index contributed by atoms with van der Waals surface area (Å²) in [6.07, 6.45) is 3.49. The molecule has 2 saturated heterocycles. The Labute approximate surface area is 164 Å². The van der Waals surface area contributed by atoms with Gasteiger partial charge >= 0.3 is 0 Å². The van der Waals surface area contributed by atoms with E-state index in [2.05, 4.69) is 9.80 Å². The Morgan fingerprint density at radius 3 is 2.43 bits per heavy atom. The highest BCUT2D eigenvalue weighted by Gasteiger charge is 2.49. The van der Waals surface area contributed by atoms with E-state index in [0.29, 0.717) is 23.5 Å². The second-order valence-corrected chi connectivity index (χ2v) is 7.93. The van der Waals surface area contributed by atoms with Crippen LogP contribution in [0.3, 0.4) is 0 Å². The normalized spacial score (nSPS) is 25.3. The van der Waals surface area contributed by atoms with E-state index in [4.69, 9.17) is 9.47 Å². The van der Waals surface area contributed by atoms with E-state index in [9.17, 15) is 10.2 Å². The van der Waals surface area contributed by atoms with Crippen LogP contribution in [0.5, 0.6) is 23.0 Å². The fraction of sp³-hybridized carbons (Fsp3) is 0.455. The lowest BCUT2D eigenvalue weighted by molar-refractivity contribution is 0.357. The second-order valence-electron chi connectivity index (χ2n) is 7.93. The van der Waals surface area contributed by atoms with Gasteiger partial charge in [-0.25, -0.2) is 0 Å². The van der Waals surface area contributed by atoms with Crippen molar-refractivity contribution in [2.45, 2.75) is 31.3 Å². The molecular weight excluding hydrogens is 356 g/mol. The molecule has 0 aromatic heterocycles. The standard InChI is InChI=1S/C22H26N2O4/c1-27-20-6-5-13(10-18(20)25)23-9-7-14-16-4-3-8-24(16)17-12-19(26)21(28-2)11-15(17)22(14)23/h5-6,10-12,14,16,22,25-26H,3-4,7-9H2,1-2H3/t14-,16+,22-/m1/s1. The van der Waals surface area contributed by atoms with Gasteiger partial charge in [0.25, 0.3) is 0 Å². The van der Waals surface area contributed by atoms with Crippen LogP contribution >= 0.6 is 0 Å². The molecule has 6 heteroatoms. The number of benzene rings is 2. The summed E-state index contributed by atoms with van der Waals surface area (Å²) >= 11 is 0. The first-order valence-electron chi connectivity index (χ1n) is 9.93. The number of aromatic hydroxyl groups is 2. The zero-order valence-electron chi connectivity index (χ0n) is 16.3. The van der Waals surface area contributed by atoms with Crippen molar-refractivity contribution >= 4 is 11.4 Å². The molecule has 148 valence electrons. The van der Waals surface area contributed by atoms with Gasteiger partial charge in [0, 0.05) is 54.1 Å². The molecule has 28 heavy (non-hydrogen) atoms. The smallest absolute Gasteiger partial charge is 0.160 e. The maximum absolute atomic E-state index is 10.4. The quantitative estimate of drug-likeness (QED) is 0.845. The van der Waals surface area contributed by atoms with Gasteiger partial charge in [-0.1, -0.05) is 0 Å². The fourth-order valence-corrected chi connectivity index (χ4v) is 5.52. The second kappa shape index (κ2) is 6.40. The largest absolute Gasteiger partial charge is 0.504 e. The summed E-state index contributed by atoms with van der Waals surface area (Å²) in [5.41, 5.74) is 3.31. The maximum Gasteiger partial charge on any atom is 0.160 e. The molecule has 5 rings (SSSR count). The van der Waals surface area contributed by atoms with Crippen molar-refractivity contribution in [3.63, 3.8) is 0 Å². The first-order valence-corrected chi connectivity index (χ1v) is 9.93. The van der Waals surface area contributed by atoms with Crippen LogP contribution in [0.2, 0.25) is 0 Å². The van der Waals surface area contributed by atoms with Crippen LogP contribution in [0.1, 0.15) is 30.9 Å². The molecule has 6 nitrogen and oxygen atoms in total. The molecule has 3 heterocycles. The van der Waals surface area contributed by atoms with Gasteiger partial charge in [-0.3, -0.25) is 0 Å². The minimum Gasteiger partial charge on any atom is -0.504 e. The molecule has 0 radical (unpaired) electrons. The monoisotopic (exact) mass is 382 g/mol. The average Bonchev–Trinajstić information content (AvgIpc) is 3.35. The van der Waals surface area contributed by atoms with E-state index < -0.39 is 0 Å². The highest BCUT2D eigenvalue weighted by molar-refractivity contribution is 5.69. The lowest BCUT2D eigenvalue weighted by Crippen LogP contribution is -2.44. The minimum absolute atomic E-state index is 0.158. The summed E-state index contributed by atoms with van der Waals surface area (Å²) in [6.45, 7) is 1.98. The summed E-state index contributed by atoms with van der Waals surface area (Å²) in [5.74, 6) is 1.87. The number of nitrogens with zero attached hydrogens (tertiary/aromatic N) is 2. The van der Waals surface area contributed by atoms with Gasteiger partial charge in [-0.2, -0.15) is 0 Å². The molecule has 2 N–H and O–H groups in total. The number of phenols is 2.